The highest BCUT2D eigenvalue weighted by atomic mass is 35.5. The molecule has 4 heteroatoms. The summed E-state index contributed by atoms with van der Waals surface area (Å²) >= 11 is 0. The van der Waals surface area contributed by atoms with Gasteiger partial charge in [-0.25, -0.2) is 0 Å². The summed E-state index contributed by atoms with van der Waals surface area (Å²) in [7, 11) is 0. The van der Waals surface area contributed by atoms with Crippen LogP contribution in [0.5, 0.6) is 0 Å². The van der Waals surface area contributed by atoms with Crippen LogP contribution in [0.4, 0.5) is 0 Å². The van der Waals surface area contributed by atoms with Crippen molar-refractivity contribution < 1.29 is 4.79 Å². The molecule has 0 aromatic rings. The minimum absolute atomic E-state index is 0. The van der Waals surface area contributed by atoms with E-state index in [2.05, 4.69) is 31.4 Å². The largest absolute Gasteiger partial charge is 0.353 e. The lowest BCUT2D eigenvalue weighted by atomic mass is 10.0. The van der Waals surface area contributed by atoms with Crippen LogP contribution >= 0.6 is 12.4 Å². The second-order valence-corrected chi connectivity index (χ2v) is 5.07. The number of carbonyl (C=O) groups excluding carboxylic acids is 1. The molecular formula is C12H25ClN2O. The Hall–Kier alpha value is -0.280. The minimum atomic E-state index is 0. The fourth-order valence-electron chi connectivity index (χ4n) is 1.89. The number of carbonyl (C=O) groups is 1. The van der Waals surface area contributed by atoms with E-state index in [1.54, 1.807) is 0 Å². The maximum Gasteiger partial charge on any atom is 0.224 e. The van der Waals surface area contributed by atoms with Gasteiger partial charge in [-0.15, -0.1) is 12.4 Å². The Kier molecular flexibility index (Phi) is 7.77. The van der Waals surface area contributed by atoms with Crippen molar-refractivity contribution in [1.82, 2.24) is 10.6 Å². The Morgan fingerprint density at radius 1 is 1.38 bits per heavy atom. The van der Waals surface area contributed by atoms with Crippen molar-refractivity contribution in [2.24, 2.45) is 11.8 Å². The molecule has 1 saturated heterocycles. The fourth-order valence-corrected chi connectivity index (χ4v) is 1.89. The van der Waals surface area contributed by atoms with E-state index in [1.807, 2.05) is 0 Å². The number of hydrogen-bond acceptors (Lipinski definition) is 2. The lowest BCUT2D eigenvalue weighted by molar-refractivity contribution is -0.125. The molecule has 2 N–H and O–H groups in total. The van der Waals surface area contributed by atoms with Gasteiger partial charge in [0.05, 0.1) is 5.92 Å². The Morgan fingerprint density at radius 2 is 2.06 bits per heavy atom. The van der Waals surface area contributed by atoms with Gasteiger partial charge in [0.15, 0.2) is 0 Å². The van der Waals surface area contributed by atoms with Crippen LogP contribution in [0.1, 0.15) is 40.0 Å². The summed E-state index contributed by atoms with van der Waals surface area (Å²) in [6, 6.07) is 0.320. The predicted molar refractivity (Wildman–Crippen MR) is 69.9 cm³/mol. The fraction of sp³-hybridized carbons (Fsp3) is 0.917. The molecule has 0 aromatic heterocycles. The standard InChI is InChI=1S/C12H24N2O.ClH/c1-9(2)4-5-10(3)14-12(15)11-6-7-13-8-11;/h9-11,13H,4-8H2,1-3H3,(H,14,15);1H. The SMILES string of the molecule is CC(C)CCC(C)NC(=O)C1CCNC1.Cl. The first-order chi connectivity index (χ1) is 7.09. The van der Waals surface area contributed by atoms with Crippen molar-refractivity contribution in [3.8, 4) is 0 Å². The normalized spacial score (nSPS) is 21.6. The number of hydrogen-bond donors (Lipinski definition) is 2. The number of amides is 1. The molecule has 0 radical (unpaired) electrons. The van der Waals surface area contributed by atoms with Gasteiger partial charge in [0.1, 0.15) is 0 Å². The average molecular weight is 249 g/mol. The third-order valence-electron chi connectivity index (χ3n) is 3.00. The first-order valence-corrected chi connectivity index (χ1v) is 6.10. The van der Waals surface area contributed by atoms with E-state index < -0.39 is 0 Å². The average Bonchev–Trinajstić information content (AvgIpc) is 2.67. The van der Waals surface area contributed by atoms with Crippen LogP contribution in [-0.2, 0) is 4.79 Å². The molecule has 0 bridgehead atoms. The Labute approximate surface area is 105 Å². The quantitative estimate of drug-likeness (QED) is 0.781. The van der Waals surface area contributed by atoms with E-state index in [9.17, 15) is 4.79 Å². The summed E-state index contributed by atoms with van der Waals surface area (Å²) in [5.74, 6) is 1.15. The van der Waals surface area contributed by atoms with Gasteiger partial charge >= 0.3 is 0 Å². The van der Waals surface area contributed by atoms with Crippen molar-refractivity contribution >= 4 is 18.3 Å². The van der Waals surface area contributed by atoms with Gasteiger partial charge in [-0.1, -0.05) is 13.8 Å². The van der Waals surface area contributed by atoms with Crippen LogP contribution in [0.3, 0.4) is 0 Å². The molecule has 3 nitrogen and oxygen atoms in total. The molecule has 2 atom stereocenters. The van der Waals surface area contributed by atoms with Gasteiger partial charge in [-0.2, -0.15) is 0 Å². The maximum atomic E-state index is 11.7. The summed E-state index contributed by atoms with van der Waals surface area (Å²) < 4.78 is 0. The topological polar surface area (TPSA) is 41.1 Å². The molecular weight excluding hydrogens is 224 g/mol. The van der Waals surface area contributed by atoms with E-state index in [4.69, 9.17) is 0 Å². The van der Waals surface area contributed by atoms with Gasteiger partial charge in [0, 0.05) is 12.6 Å². The molecule has 1 fully saturated rings. The van der Waals surface area contributed by atoms with Gasteiger partial charge in [0.25, 0.3) is 0 Å². The monoisotopic (exact) mass is 248 g/mol. The van der Waals surface area contributed by atoms with Crippen LogP contribution in [0.15, 0.2) is 0 Å². The Bertz CT molecular complexity index is 203. The van der Waals surface area contributed by atoms with Crippen molar-refractivity contribution in [2.75, 3.05) is 13.1 Å². The third-order valence-corrected chi connectivity index (χ3v) is 3.00. The lowest BCUT2D eigenvalue weighted by Crippen LogP contribution is -2.38. The van der Waals surface area contributed by atoms with Crippen molar-refractivity contribution in [2.45, 2.75) is 46.1 Å². The zero-order chi connectivity index (χ0) is 11.3. The molecule has 1 amide bonds. The van der Waals surface area contributed by atoms with Gasteiger partial charge < -0.3 is 10.6 Å². The Balaban J connectivity index is 0.00000225. The van der Waals surface area contributed by atoms with Gasteiger partial charge in [-0.3, -0.25) is 4.79 Å². The Morgan fingerprint density at radius 3 is 2.56 bits per heavy atom. The van der Waals surface area contributed by atoms with E-state index >= 15 is 0 Å². The molecule has 1 rings (SSSR count). The van der Waals surface area contributed by atoms with E-state index in [-0.39, 0.29) is 24.2 Å². The van der Waals surface area contributed by atoms with Crippen molar-refractivity contribution in [1.29, 1.82) is 0 Å². The molecule has 0 aromatic carbocycles. The van der Waals surface area contributed by atoms with Gasteiger partial charge in [0.2, 0.25) is 5.91 Å². The molecule has 2 unspecified atom stereocenters. The summed E-state index contributed by atoms with van der Waals surface area (Å²) in [6.07, 6.45) is 3.26. The molecule has 96 valence electrons. The van der Waals surface area contributed by atoms with Crippen molar-refractivity contribution in [3.63, 3.8) is 0 Å². The van der Waals surface area contributed by atoms with Crippen LogP contribution in [0, 0.1) is 11.8 Å². The molecule has 0 aliphatic carbocycles. The van der Waals surface area contributed by atoms with Crippen LogP contribution in [0.25, 0.3) is 0 Å². The van der Waals surface area contributed by atoms with E-state index in [1.165, 1.54) is 6.42 Å². The number of nitrogens with one attached hydrogen (secondary N) is 2. The highest BCUT2D eigenvalue weighted by Gasteiger charge is 2.23. The molecule has 0 spiro atoms. The van der Waals surface area contributed by atoms with Crippen LogP contribution in [-0.4, -0.2) is 25.0 Å². The summed E-state index contributed by atoms with van der Waals surface area (Å²) in [5, 5.41) is 6.31. The second-order valence-electron chi connectivity index (χ2n) is 5.07. The minimum Gasteiger partial charge on any atom is -0.353 e. The highest BCUT2D eigenvalue weighted by molar-refractivity contribution is 5.85. The predicted octanol–water partition coefficient (Wildman–Crippen LogP) is 1.96. The molecule has 1 aliphatic rings. The molecule has 0 saturated carbocycles. The first kappa shape index (κ1) is 15.7. The molecule has 1 heterocycles. The van der Waals surface area contributed by atoms with Crippen molar-refractivity contribution in [3.05, 3.63) is 0 Å². The zero-order valence-electron chi connectivity index (χ0n) is 10.6. The smallest absolute Gasteiger partial charge is 0.224 e. The maximum absolute atomic E-state index is 11.7. The molecule has 1 aliphatic heterocycles. The summed E-state index contributed by atoms with van der Waals surface area (Å²) in [6.45, 7) is 8.37. The van der Waals surface area contributed by atoms with Crippen LogP contribution < -0.4 is 10.6 Å². The van der Waals surface area contributed by atoms with E-state index in [0.29, 0.717) is 6.04 Å². The number of rotatable bonds is 5. The zero-order valence-corrected chi connectivity index (χ0v) is 11.4. The van der Waals surface area contributed by atoms with Crippen LogP contribution in [0.2, 0.25) is 0 Å². The lowest BCUT2D eigenvalue weighted by Gasteiger charge is -2.17. The summed E-state index contributed by atoms with van der Waals surface area (Å²) in [5.41, 5.74) is 0. The van der Waals surface area contributed by atoms with E-state index in [0.717, 1.165) is 31.8 Å². The number of halogens is 1. The first-order valence-electron chi connectivity index (χ1n) is 6.10. The molecule has 16 heavy (non-hydrogen) atoms. The highest BCUT2D eigenvalue weighted by Crippen LogP contribution is 2.10. The second kappa shape index (κ2) is 7.91. The third kappa shape index (κ3) is 5.71. The summed E-state index contributed by atoms with van der Waals surface area (Å²) in [4.78, 5) is 11.7. The van der Waals surface area contributed by atoms with Gasteiger partial charge in [-0.05, 0) is 38.6 Å².